The summed E-state index contributed by atoms with van der Waals surface area (Å²) in [5.41, 5.74) is 10.7. The zero-order chi connectivity index (χ0) is 45.0. The standard InChI is InChI=1S/C48H58FN9O5S/c1-25(2)39-15-16-40(64-39)48-58-34-14-13-28(32-23-50-44(52-32)35-11-9-17-56(35)46(59)42(26(3)4)54-61-7)19-30(34)21-37(58)41-31(49)20-29(22-38(41)63-48)33-24-51-45(53-33)36-12-10-18-57(36)47(60)43(27(5)6)55-62-8/h13-16,19-27,35-36,42-43,48,54-55H,9-12,17-18H2,1-8H3,(H,50,52)(H,51,53)/t35-,36-,42?,43?,48?/m0/s1. The SMILES string of the molecule is CONC(C(=O)N1CCC[C@H]1c1ncc(-c2cc(F)c3c(c2)OC(c2ccc(C(C)C)s2)n2c-3cc3cc(-c4cnc([C@@H]5CCCN5C(=O)C(NOC)C(C)C)[nH]4)ccc32)[nH]1)C(C)C. The molecule has 64 heavy (non-hydrogen) atoms. The molecule has 2 amide bonds. The maximum absolute atomic E-state index is 16.8. The van der Waals surface area contributed by atoms with Crippen molar-refractivity contribution < 1.29 is 28.4 Å². The molecule has 0 spiro atoms. The molecule has 0 bridgehead atoms. The second-order valence-electron chi connectivity index (χ2n) is 18.2. The molecular weight excluding hydrogens is 834 g/mol. The number of hydroxylamine groups is 2. The maximum Gasteiger partial charge on any atom is 0.242 e. The zero-order valence-corrected chi connectivity index (χ0v) is 38.5. The minimum absolute atomic E-state index is 0.00429. The summed E-state index contributed by atoms with van der Waals surface area (Å²) in [6.45, 7) is 13.6. The summed E-state index contributed by atoms with van der Waals surface area (Å²) >= 11 is 1.70. The number of hydrogen-bond acceptors (Lipinski definition) is 10. The molecule has 0 aliphatic carbocycles. The van der Waals surface area contributed by atoms with E-state index >= 15 is 4.39 Å². The minimum Gasteiger partial charge on any atom is -0.464 e. The van der Waals surface area contributed by atoms with Gasteiger partial charge in [0.15, 0.2) is 0 Å². The number of imidazole rings is 2. The fraction of sp³-hybridized carbons (Fsp3) is 0.458. The van der Waals surface area contributed by atoms with Gasteiger partial charge >= 0.3 is 0 Å². The van der Waals surface area contributed by atoms with Gasteiger partial charge in [0.1, 0.15) is 35.3 Å². The van der Waals surface area contributed by atoms with Crippen LogP contribution in [0.25, 0.3) is 44.7 Å². The number of amides is 2. The van der Waals surface area contributed by atoms with Crippen molar-refractivity contribution in [3.8, 4) is 39.5 Å². The topological polar surface area (TPSA) is 155 Å². The van der Waals surface area contributed by atoms with Crippen LogP contribution in [0, 0.1) is 17.7 Å². The van der Waals surface area contributed by atoms with Crippen LogP contribution in [0.2, 0.25) is 0 Å². The molecule has 338 valence electrons. The number of halogens is 1. The van der Waals surface area contributed by atoms with Crippen LogP contribution in [0.3, 0.4) is 0 Å². The molecule has 4 aromatic heterocycles. The lowest BCUT2D eigenvalue weighted by atomic mass is 10.0. The molecule has 0 saturated carbocycles. The van der Waals surface area contributed by atoms with E-state index in [1.54, 1.807) is 17.5 Å². The Morgan fingerprint density at radius 3 is 1.94 bits per heavy atom. The van der Waals surface area contributed by atoms with Gasteiger partial charge in [-0.15, -0.1) is 11.3 Å². The lowest BCUT2D eigenvalue weighted by Crippen LogP contribution is -2.48. The number of hydrogen-bond donors (Lipinski definition) is 4. The zero-order valence-electron chi connectivity index (χ0n) is 37.7. The van der Waals surface area contributed by atoms with E-state index in [0.29, 0.717) is 53.1 Å². The van der Waals surface area contributed by atoms with E-state index in [-0.39, 0.29) is 35.7 Å². The molecule has 7 heterocycles. The summed E-state index contributed by atoms with van der Waals surface area (Å²) in [5, 5.41) is 0.923. The molecule has 3 aliphatic rings. The molecule has 3 unspecified atom stereocenters. The minimum atomic E-state index is -0.546. The van der Waals surface area contributed by atoms with Crippen LogP contribution in [-0.4, -0.2) is 85.5 Å². The number of nitrogens with one attached hydrogen (secondary N) is 4. The monoisotopic (exact) mass is 891 g/mol. The Morgan fingerprint density at radius 2 is 1.39 bits per heavy atom. The molecule has 0 radical (unpaired) electrons. The largest absolute Gasteiger partial charge is 0.464 e. The summed E-state index contributed by atoms with van der Waals surface area (Å²) < 4.78 is 25.8. The van der Waals surface area contributed by atoms with Crippen molar-refractivity contribution in [2.45, 2.75) is 104 Å². The van der Waals surface area contributed by atoms with Crippen molar-refractivity contribution in [3.05, 3.63) is 88.1 Å². The number of likely N-dealkylation sites (tertiary alicyclic amines) is 2. The number of carbonyl (C=O) groups is 2. The number of ether oxygens (including phenoxy) is 1. The average Bonchev–Trinajstić information content (AvgIpc) is 4.13. The highest BCUT2D eigenvalue weighted by atomic mass is 32.1. The molecule has 2 saturated heterocycles. The summed E-state index contributed by atoms with van der Waals surface area (Å²) in [6.07, 6.45) is 6.29. The van der Waals surface area contributed by atoms with E-state index in [0.717, 1.165) is 58.5 Å². The number of nitrogens with zero attached hydrogens (tertiary/aromatic N) is 5. The Morgan fingerprint density at radius 1 is 0.797 bits per heavy atom. The molecule has 6 aromatic rings. The Kier molecular flexibility index (Phi) is 12.2. The first kappa shape index (κ1) is 43.8. The number of carbonyl (C=O) groups excluding carboxylic acids is 2. The maximum atomic E-state index is 16.8. The highest BCUT2D eigenvalue weighted by Crippen LogP contribution is 2.49. The van der Waals surface area contributed by atoms with Gasteiger partial charge in [-0.1, -0.05) is 47.6 Å². The predicted octanol–water partition coefficient (Wildman–Crippen LogP) is 9.03. The molecule has 16 heteroatoms. The first-order chi connectivity index (χ1) is 30.9. The summed E-state index contributed by atoms with van der Waals surface area (Å²) in [4.78, 5) is 60.2. The molecule has 14 nitrogen and oxygen atoms in total. The third-order valence-corrected chi connectivity index (χ3v) is 14.4. The Balaban J connectivity index is 1.05. The second kappa shape index (κ2) is 17.9. The van der Waals surface area contributed by atoms with E-state index in [4.69, 9.17) is 24.4 Å². The molecule has 2 fully saturated rings. The van der Waals surface area contributed by atoms with Gasteiger partial charge in [0, 0.05) is 34.5 Å². The van der Waals surface area contributed by atoms with Gasteiger partial charge < -0.3 is 34.2 Å². The smallest absolute Gasteiger partial charge is 0.242 e. The second-order valence-corrected chi connectivity index (χ2v) is 19.3. The van der Waals surface area contributed by atoms with Crippen molar-refractivity contribution in [1.82, 2.24) is 45.3 Å². The number of H-pyrrole nitrogens is 2. The van der Waals surface area contributed by atoms with Gasteiger partial charge in [-0.05, 0) is 85.9 Å². The van der Waals surface area contributed by atoms with Gasteiger partial charge in [0.05, 0.1) is 71.7 Å². The third kappa shape index (κ3) is 7.93. The van der Waals surface area contributed by atoms with Gasteiger partial charge in [0.2, 0.25) is 18.0 Å². The quantitative estimate of drug-likeness (QED) is 0.0785. The van der Waals surface area contributed by atoms with E-state index in [1.807, 2.05) is 61.9 Å². The number of rotatable bonds is 14. The molecule has 9 rings (SSSR count). The van der Waals surface area contributed by atoms with Crippen molar-refractivity contribution in [2.75, 3.05) is 27.3 Å². The van der Waals surface area contributed by atoms with Crippen molar-refractivity contribution in [3.63, 3.8) is 0 Å². The number of aromatic nitrogens is 5. The first-order valence-corrected chi connectivity index (χ1v) is 23.2. The number of fused-ring (bicyclic) bond motifs is 5. The highest BCUT2D eigenvalue weighted by Gasteiger charge is 2.39. The number of thiophene rings is 1. The molecule has 2 aromatic carbocycles. The van der Waals surface area contributed by atoms with Crippen molar-refractivity contribution >= 4 is 34.1 Å². The predicted molar refractivity (Wildman–Crippen MR) is 245 cm³/mol. The van der Waals surface area contributed by atoms with Gasteiger partial charge in [-0.2, -0.15) is 11.0 Å². The van der Waals surface area contributed by atoms with Gasteiger partial charge in [-0.3, -0.25) is 14.2 Å². The highest BCUT2D eigenvalue weighted by molar-refractivity contribution is 7.12. The molecule has 5 atom stereocenters. The normalized spacial score (nSPS) is 19.5. The lowest BCUT2D eigenvalue weighted by Gasteiger charge is -2.30. The molecule has 4 N–H and O–H groups in total. The van der Waals surface area contributed by atoms with Gasteiger partial charge in [0.25, 0.3) is 0 Å². The summed E-state index contributed by atoms with van der Waals surface area (Å²) in [6, 6.07) is 14.6. The van der Waals surface area contributed by atoms with E-state index in [2.05, 4.69) is 63.6 Å². The molecular formula is C48H58FN9O5S. The van der Waals surface area contributed by atoms with E-state index in [9.17, 15) is 9.59 Å². The number of aromatic amines is 2. The van der Waals surface area contributed by atoms with Crippen LogP contribution < -0.4 is 15.7 Å². The number of benzene rings is 2. The van der Waals surface area contributed by atoms with Crippen molar-refractivity contribution in [2.24, 2.45) is 11.8 Å². The first-order valence-electron chi connectivity index (χ1n) is 22.4. The van der Waals surface area contributed by atoms with Gasteiger partial charge in [-0.25, -0.2) is 14.4 Å². The lowest BCUT2D eigenvalue weighted by molar-refractivity contribution is -0.140. The molecule has 3 aliphatic heterocycles. The summed E-state index contributed by atoms with van der Waals surface area (Å²) in [5.74, 6) is 1.78. The van der Waals surface area contributed by atoms with Crippen LogP contribution in [0.1, 0.15) is 113 Å². The third-order valence-electron chi connectivity index (χ3n) is 13.0. The van der Waals surface area contributed by atoms with E-state index < -0.39 is 24.1 Å². The van der Waals surface area contributed by atoms with Crippen LogP contribution in [-0.2, 0) is 19.3 Å². The summed E-state index contributed by atoms with van der Waals surface area (Å²) in [7, 11) is 3.05. The Bertz CT molecular complexity index is 2670. The van der Waals surface area contributed by atoms with Crippen molar-refractivity contribution in [1.29, 1.82) is 0 Å². The fourth-order valence-electron chi connectivity index (χ4n) is 9.59. The Hall–Kier alpha value is -5.39. The van der Waals surface area contributed by atoms with Crippen LogP contribution >= 0.6 is 11.3 Å². The van der Waals surface area contributed by atoms with E-state index in [1.165, 1.54) is 25.2 Å². The Labute approximate surface area is 376 Å². The van der Waals surface area contributed by atoms with Crippen LogP contribution in [0.5, 0.6) is 5.75 Å². The van der Waals surface area contributed by atoms with Crippen LogP contribution in [0.15, 0.2) is 60.9 Å². The van der Waals surface area contributed by atoms with Crippen LogP contribution in [0.4, 0.5) is 4.39 Å². The fourth-order valence-corrected chi connectivity index (χ4v) is 10.6. The average molecular weight is 892 g/mol.